The number of aryl methyl sites for hydroxylation is 1. The zero-order valence-corrected chi connectivity index (χ0v) is 4.98. The molecule has 1 aromatic rings. The molecule has 0 aliphatic rings. The van der Waals surface area contributed by atoms with Crippen LogP contribution in [-0.2, 0) is 16.5 Å². The first-order valence-corrected chi connectivity index (χ1v) is 1.94. The van der Waals surface area contributed by atoms with Crippen LogP contribution in [0.3, 0.4) is 0 Å². The smallest absolute Gasteiger partial charge is 0 e. The molecule has 2 heteroatoms. The molecule has 1 aromatic heterocycles. The Kier molecular flexibility index (Phi) is 2.77. The van der Waals surface area contributed by atoms with E-state index in [1.54, 1.807) is 6.20 Å². The summed E-state index contributed by atoms with van der Waals surface area (Å²) in [6.45, 7) is 1.97. The summed E-state index contributed by atoms with van der Waals surface area (Å²) >= 11 is 0. The summed E-state index contributed by atoms with van der Waals surface area (Å²) in [6, 6.07) is 3.90. The maximum atomic E-state index is 3.92. The summed E-state index contributed by atoms with van der Waals surface area (Å²) < 4.78 is 0. The third-order valence-corrected chi connectivity index (χ3v) is 0.702. The molecule has 42 valence electrons. The summed E-state index contributed by atoms with van der Waals surface area (Å²) in [5.41, 5.74) is 1.09. The normalized spacial score (nSPS) is 7.57. The van der Waals surface area contributed by atoms with Crippen molar-refractivity contribution in [3.05, 3.63) is 24.0 Å². The maximum Gasteiger partial charge on any atom is 0 e. The summed E-state index contributed by atoms with van der Waals surface area (Å²) in [6.07, 6.45) is 1.79. The fraction of sp³-hybridized carbons (Fsp3) is 0.200. The largest absolute Gasteiger partial charge is 0.668 e. The fourth-order valence-corrected chi connectivity index (χ4v) is 0.386. The van der Waals surface area contributed by atoms with Gasteiger partial charge in [-0.3, -0.25) is 0 Å². The van der Waals surface area contributed by atoms with E-state index >= 15 is 0 Å². The van der Waals surface area contributed by atoms with Crippen molar-refractivity contribution < 1.29 is 16.5 Å². The second kappa shape index (κ2) is 2.87. The predicted molar refractivity (Wildman–Crippen MR) is 24.5 cm³/mol. The van der Waals surface area contributed by atoms with Gasteiger partial charge in [-0.25, -0.2) is 0 Å². The fourth-order valence-electron chi connectivity index (χ4n) is 0.386. The van der Waals surface area contributed by atoms with Crippen LogP contribution >= 0.6 is 0 Å². The molecule has 7 heavy (non-hydrogen) atoms. The number of hydrogen-bond donors (Lipinski definition) is 0. The Hall–Kier alpha value is -0.226. The minimum Gasteiger partial charge on any atom is -0.668 e. The standard InChI is InChI=1S/C5H6N.Ni/c1-5-3-2-4-6-5;/h2-4H,1H3;/q-1;. The molecule has 0 saturated heterocycles. The Morgan fingerprint density at radius 2 is 2.29 bits per heavy atom. The van der Waals surface area contributed by atoms with Crippen LogP contribution in [0.25, 0.3) is 0 Å². The van der Waals surface area contributed by atoms with Crippen LogP contribution < -0.4 is 4.98 Å². The van der Waals surface area contributed by atoms with Gasteiger partial charge in [0.1, 0.15) is 0 Å². The van der Waals surface area contributed by atoms with Gasteiger partial charge in [0.25, 0.3) is 0 Å². The summed E-state index contributed by atoms with van der Waals surface area (Å²) in [7, 11) is 0. The van der Waals surface area contributed by atoms with Crippen molar-refractivity contribution in [1.82, 2.24) is 4.98 Å². The molecule has 0 unspecified atom stereocenters. The topological polar surface area (TPSA) is 14.1 Å². The first kappa shape index (κ1) is 6.77. The molecule has 0 fully saturated rings. The molecule has 0 atom stereocenters. The molecule has 0 bridgehead atoms. The Morgan fingerprint density at radius 3 is 2.43 bits per heavy atom. The van der Waals surface area contributed by atoms with Crippen LogP contribution in [0.15, 0.2) is 18.3 Å². The van der Waals surface area contributed by atoms with E-state index in [2.05, 4.69) is 4.98 Å². The number of rotatable bonds is 0. The molecule has 0 aliphatic heterocycles. The van der Waals surface area contributed by atoms with E-state index in [1.165, 1.54) is 0 Å². The van der Waals surface area contributed by atoms with Crippen LogP contribution in [-0.4, -0.2) is 0 Å². The maximum absolute atomic E-state index is 3.92. The summed E-state index contributed by atoms with van der Waals surface area (Å²) in [4.78, 5) is 3.92. The predicted octanol–water partition coefficient (Wildman–Crippen LogP) is 0.950. The van der Waals surface area contributed by atoms with Gasteiger partial charge in [0.05, 0.1) is 0 Å². The van der Waals surface area contributed by atoms with E-state index in [-0.39, 0.29) is 16.5 Å². The SMILES string of the molecule is Cc1ccc[n-]1.[Ni]. The van der Waals surface area contributed by atoms with Crippen molar-refractivity contribution in [2.75, 3.05) is 0 Å². The molecule has 1 heterocycles. The van der Waals surface area contributed by atoms with Gasteiger partial charge in [0, 0.05) is 16.5 Å². The van der Waals surface area contributed by atoms with Crippen LogP contribution in [0.5, 0.6) is 0 Å². The third kappa shape index (κ3) is 1.79. The number of hydrogen-bond acceptors (Lipinski definition) is 0. The van der Waals surface area contributed by atoms with Gasteiger partial charge >= 0.3 is 0 Å². The van der Waals surface area contributed by atoms with E-state index in [4.69, 9.17) is 0 Å². The second-order valence-electron chi connectivity index (χ2n) is 1.28. The Bertz CT molecular complexity index is 112. The van der Waals surface area contributed by atoms with Crippen molar-refractivity contribution in [3.8, 4) is 0 Å². The average Bonchev–Trinajstić information content (AvgIpc) is 1.86. The third-order valence-electron chi connectivity index (χ3n) is 0.702. The van der Waals surface area contributed by atoms with Crippen molar-refractivity contribution >= 4 is 0 Å². The van der Waals surface area contributed by atoms with Crippen LogP contribution in [0.4, 0.5) is 0 Å². The Morgan fingerprint density at radius 1 is 1.57 bits per heavy atom. The van der Waals surface area contributed by atoms with E-state index in [1.807, 2.05) is 19.1 Å². The summed E-state index contributed by atoms with van der Waals surface area (Å²) in [5, 5.41) is 0. The average molecular weight is 139 g/mol. The first-order valence-electron chi connectivity index (χ1n) is 1.94. The van der Waals surface area contributed by atoms with Crippen molar-refractivity contribution in [2.45, 2.75) is 6.92 Å². The zero-order valence-electron chi connectivity index (χ0n) is 4.00. The van der Waals surface area contributed by atoms with Crippen molar-refractivity contribution in [3.63, 3.8) is 0 Å². The Balaban J connectivity index is 0.000000360. The molecule has 0 spiro atoms. The van der Waals surface area contributed by atoms with Crippen molar-refractivity contribution in [2.24, 2.45) is 0 Å². The van der Waals surface area contributed by atoms with Gasteiger partial charge in [0.2, 0.25) is 0 Å². The quantitative estimate of drug-likeness (QED) is 0.488. The molecular formula is C5H6NNi-. The molecular weight excluding hydrogens is 133 g/mol. The number of aromatic nitrogens is 1. The first-order chi connectivity index (χ1) is 2.89. The van der Waals surface area contributed by atoms with Crippen LogP contribution in [0.2, 0.25) is 0 Å². The van der Waals surface area contributed by atoms with Gasteiger partial charge < -0.3 is 4.98 Å². The monoisotopic (exact) mass is 138 g/mol. The molecule has 0 amide bonds. The second-order valence-corrected chi connectivity index (χ2v) is 1.28. The molecule has 1 nitrogen and oxygen atoms in total. The Labute approximate surface area is 53.1 Å². The van der Waals surface area contributed by atoms with Gasteiger partial charge in [0.15, 0.2) is 0 Å². The summed E-state index contributed by atoms with van der Waals surface area (Å²) in [5.74, 6) is 0. The van der Waals surface area contributed by atoms with Gasteiger partial charge in [-0.05, 0) is 0 Å². The molecule has 0 aromatic carbocycles. The van der Waals surface area contributed by atoms with Gasteiger partial charge in [-0.1, -0.05) is 19.1 Å². The zero-order chi connectivity index (χ0) is 4.41. The minimum absolute atomic E-state index is 0. The van der Waals surface area contributed by atoms with E-state index in [0.717, 1.165) is 5.69 Å². The van der Waals surface area contributed by atoms with Crippen molar-refractivity contribution in [1.29, 1.82) is 0 Å². The van der Waals surface area contributed by atoms with E-state index < -0.39 is 0 Å². The molecule has 0 radical (unpaired) electrons. The number of nitrogens with zero attached hydrogens (tertiary/aromatic N) is 1. The van der Waals surface area contributed by atoms with Crippen LogP contribution in [0.1, 0.15) is 5.69 Å². The molecule has 0 aliphatic carbocycles. The van der Waals surface area contributed by atoms with E-state index in [0.29, 0.717) is 0 Å². The van der Waals surface area contributed by atoms with Gasteiger partial charge in [-0.2, -0.15) is 11.9 Å². The van der Waals surface area contributed by atoms with Gasteiger partial charge in [-0.15, -0.1) is 0 Å². The molecule has 1 rings (SSSR count). The molecule has 0 N–H and O–H groups in total. The minimum atomic E-state index is 0. The van der Waals surface area contributed by atoms with Crippen LogP contribution in [0, 0.1) is 6.92 Å². The van der Waals surface area contributed by atoms with E-state index in [9.17, 15) is 0 Å². The molecule has 0 saturated carbocycles.